The molecule has 0 aliphatic rings. The summed E-state index contributed by atoms with van der Waals surface area (Å²) in [6.45, 7) is 2.29. The summed E-state index contributed by atoms with van der Waals surface area (Å²) in [7, 11) is 0. The summed E-state index contributed by atoms with van der Waals surface area (Å²) >= 11 is 1.64. The zero-order valence-electron chi connectivity index (χ0n) is 7.99. The second-order valence-corrected chi connectivity index (χ2v) is 4.12. The van der Waals surface area contributed by atoms with Crippen molar-refractivity contribution in [2.45, 2.75) is 6.92 Å². The topological polar surface area (TPSA) is 49.3 Å². The van der Waals surface area contributed by atoms with Crippen LogP contribution in [0.2, 0.25) is 0 Å². The largest absolute Gasteiger partial charge is 0.395 e. The zero-order chi connectivity index (χ0) is 10.4. The van der Waals surface area contributed by atoms with Gasteiger partial charge in [0.05, 0.1) is 6.61 Å². The molecule has 1 aromatic rings. The van der Waals surface area contributed by atoms with Crippen LogP contribution in [0.5, 0.6) is 0 Å². The average Bonchev–Trinajstić information content (AvgIpc) is 2.58. The number of hydrogen-bond donors (Lipinski definition) is 2. The fourth-order valence-corrected chi connectivity index (χ4v) is 1.72. The van der Waals surface area contributed by atoms with Crippen LogP contribution in [0.4, 0.5) is 0 Å². The molecule has 2 N–H and O–H groups in total. The van der Waals surface area contributed by atoms with E-state index in [0.717, 1.165) is 4.88 Å². The summed E-state index contributed by atoms with van der Waals surface area (Å²) in [5.74, 6) is -0.176. The molecular weight excluding hydrogens is 198 g/mol. The van der Waals surface area contributed by atoms with Crippen LogP contribution in [0.25, 0.3) is 6.08 Å². The maximum atomic E-state index is 11.1. The van der Waals surface area contributed by atoms with Crippen molar-refractivity contribution in [3.63, 3.8) is 0 Å². The Hall–Kier alpha value is -1.13. The van der Waals surface area contributed by atoms with E-state index in [-0.39, 0.29) is 12.5 Å². The molecule has 1 aromatic heterocycles. The van der Waals surface area contributed by atoms with Gasteiger partial charge in [-0.2, -0.15) is 0 Å². The molecule has 76 valence electrons. The number of nitrogens with one attached hydrogen (secondary N) is 1. The third-order valence-electron chi connectivity index (χ3n) is 1.57. The summed E-state index contributed by atoms with van der Waals surface area (Å²) in [6.07, 6.45) is 3.24. The number of carbonyl (C=O) groups excluding carboxylic acids is 1. The molecular formula is C10H13NO2S. The van der Waals surface area contributed by atoms with Crippen LogP contribution in [0, 0.1) is 6.92 Å². The van der Waals surface area contributed by atoms with Crippen molar-refractivity contribution in [2.75, 3.05) is 13.2 Å². The molecule has 1 amide bonds. The van der Waals surface area contributed by atoms with Gasteiger partial charge in [-0.15, -0.1) is 11.3 Å². The van der Waals surface area contributed by atoms with Gasteiger partial charge in [-0.25, -0.2) is 0 Å². The van der Waals surface area contributed by atoms with E-state index in [2.05, 4.69) is 5.32 Å². The minimum atomic E-state index is -0.176. The lowest BCUT2D eigenvalue weighted by molar-refractivity contribution is -0.116. The molecule has 0 aliphatic carbocycles. The second kappa shape index (κ2) is 5.57. The fourth-order valence-electron chi connectivity index (χ4n) is 0.939. The third kappa shape index (κ3) is 3.72. The maximum Gasteiger partial charge on any atom is 0.244 e. The number of aryl methyl sites for hydroxylation is 1. The standard InChI is InChI=1S/C10H13NO2S/c1-8-2-3-9(14-8)4-5-10(13)11-6-7-12/h2-5,12H,6-7H2,1H3,(H,11,13)/b5-4+. The van der Waals surface area contributed by atoms with Crippen molar-refractivity contribution < 1.29 is 9.90 Å². The van der Waals surface area contributed by atoms with E-state index in [1.807, 2.05) is 19.1 Å². The molecule has 4 heteroatoms. The van der Waals surface area contributed by atoms with Crippen LogP contribution in [0.3, 0.4) is 0 Å². The number of amides is 1. The number of aliphatic hydroxyl groups excluding tert-OH is 1. The maximum absolute atomic E-state index is 11.1. The second-order valence-electron chi connectivity index (χ2n) is 2.80. The first-order chi connectivity index (χ1) is 6.72. The Kier molecular flexibility index (Phi) is 4.35. The summed E-state index contributed by atoms with van der Waals surface area (Å²) in [4.78, 5) is 13.4. The molecule has 0 unspecified atom stereocenters. The lowest BCUT2D eigenvalue weighted by atomic mass is 10.4. The van der Waals surface area contributed by atoms with Gasteiger partial charge in [0.15, 0.2) is 0 Å². The van der Waals surface area contributed by atoms with E-state index in [1.54, 1.807) is 17.4 Å². The van der Waals surface area contributed by atoms with Crippen molar-refractivity contribution in [2.24, 2.45) is 0 Å². The molecule has 0 aliphatic heterocycles. The predicted octanol–water partition coefficient (Wildman–Crippen LogP) is 1.18. The van der Waals surface area contributed by atoms with Gasteiger partial charge in [0.1, 0.15) is 0 Å². The Morgan fingerprint density at radius 1 is 1.64 bits per heavy atom. The lowest BCUT2D eigenvalue weighted by Gasteiger charge is -1.95. The smallest absolute Gasteiger partial charge is 0.244 e. The van der Waals surface area contributed by atoms with Gasteiger partial charge in [0.2, 0.25) is 5.91 Å². The highest BCUT2D eigenvalue weighted by atomic mass is 32.1. The van der Waals surface area contributed by atoms with E-state index in [4.69, 9.17) is 5.11 Å². The molecule has 0 aromatic carbocycles. The van der Waals surface area contributed by atoms with Gasteiger partial charge >= 0.3 is 0 Å². The highest BCUT2D eigenvalue weighted by Crippen LogP contribution is 2.15. The average molecular weight is 211 g/mol. The first-order valence-electron chi connectivity index (χ1n) is 4.35. The molecule has 0 bridgehead atoms. The molecule has 0 radical (unpaired) electrons. The Bertz CT molecular complexity index is 331. The lowest BCUT2D eigenvalue weighted by Crippen LogP contribution is -2.24. The number of rotatable bonds is 4. The number of carbonyl (C=O) groups is 1. The van der Waals surface area contributed by atoms with Crippen molar-refractivity contribution in [3.05, 3.63) is 28.0 Å². The third-order valence-corrected chi connectivity index (χ3v) is 2.54. The van der Waals surface area contributed by atoms with Crippen molar-refractivity contribution in [1.29, 1.82) is 0 Å². The van der Waals surface area contributed by atoms with Crippen LogP contribution in [0.1, 0.15) is 9.75 Å². The summed E-state index contributed by atoms with van der Waals surface area (Å²) in [6, 6.07) is 3.98. The molecule has 0 atom stereocenters. The van der Waals surface area contributed by atoms with Gasteiger partial charge in [-0.3, -0.25) is 4.79 Å². The first kappa shape index (κ1) is 10.9. The molecule has 1 rings (SSSR count). The zero-order valence-corrected chi connectivity index (χ0v) is 8.80. The minimum Gasteiger partial charge on any atom is -0.395 e. The number of aliphatic hydroxyl groups is 1. The van der Waals surface area contributed by atoms with E-state index in [0.29, 0.717) is 6.54 Å². The molecule has 14 heavy (non-hydrogen) atoms. The highest BCUT2D eigenvalue weighted by molar-refractivity contribution is 7.12. The van der Waals surface area contributed by atoms with Crippen molar-refractivity contribution >= 4 is 23.3 Å². The van der Waals surface area contributed by atoms with E-state index in [9.17, 15) is 4.79 Å². The molecule has 0 spiro atoms. The van der Waals surface area contributed by atoms with E-state index in [1.165, 1.54) is 11.0 Å². The fraction of sp³-hybridized carbons (Fsp3) is 0.300. The van der Waals surface area contributed by atoms with Gasteiger partial charge in [-0.1, -0.05) is 0 Å². The van der Waals surface area contributed by atoms with Gasteiger partial charge in [-0.05, 0) is 25.1 Å². The predicted molar refractivity (Wildman–Crippen MR) is 58.2 cm³/mol. The Labute approximate surface area is 87.1 Å². The first-order valence-corrected chi connectivity index (χ1v) is 5.17. The van der Waals surface area contributed by atoms with Gasteiger partial charge in [0.25, 0.3) is 0 Å². The molecule has 1 heterocycles. The highest BCUT2D eigenvalue weighted by Gasteiger charge is 1.94. The monoisotopic (exact) mass is 211 g/mol. The van der Waals surface area contributed by atoms with Crippen LogP contribution in [-0.2, 0) is 4.79 Å². The van der Waals surface area contributed by atoms with E-state index >= 15 is 0 Å². The quantitative estimate of drug-likeness (QED) is 0.735. The number of hydrogen-bond acceptors (Lipinski definition) is 3. The number of thiophene rings is 1. The summed E-state index contributed by atoms with van der Waals surface area (Å²) in [5, 5.41) is 11.0. The van der Waals surface area contributed by atoms with Crippen LogP contribution < -0.4 is 5.32 Å². The van der Waals surface area contributed by atoms with Gasteiger partial charge in [0, 0.05) is 22.4 Å². The molecule has 0 fully saturated rings. The van der Waals surface area contributed by atoms with Crippen LogP contribution >= 0.6 is 11.3 Å². The van der Waals surface area contributed by atoms with Gasteiger partial charge < -0.3 is 10.4 Å². The minimum absolute atomic E-state index is 0.0301. The van der Waals surface area contributed by atoms with Crippen LogP contribution in [0.15, 0.2) is 18.2 Å². The SMILES string of the molecule is Cc1ccc(/C=C/C(=O)NCCO)s1. The summed E-state index contributed by atoms with van der Waals surface area (Å²) in [5.41, 5.74) is 0. The normalized spacial score (nSPS) is 10.7. The van der Waals surface area contributed by atoms with E-state index < -0.39 is 0 Å². The molecule has 3 nitrogen and oxygen atoms in total. The Morgan fingerprint density at radius 2 is 2.43 bits per heavy atom. The molecule has 0 saturated carbocycles. The van der Waals surface area contributed by atoms with Crippen LogP contribution in [-0.4, -0.2) is 24.2 Å². The summed E-state index contributed by atoms with van der Waals surface area (Å²) < 4.78 is 0. The van der Waals surface area contributed by atoms with Crippen molar-refractivity contribution in [3.8, 4) is 0 Å². The Morgan fingerprint density at radius 3 is 3.00 bits per heavy atom. The Balaban J connectivity index is 2.43. The molecule has 0 saturated heterocycles. The van der Waals surface area contributed by atoms with Crippen molar-refractivity contribution in [1.82, 2.24) is 5.32 Å².